The molecule has 2 atom stereocenters. The van der Waals surface area contributed by atoms with Crippen LogP contribution in [0.15, 0.2) is 47.4 Å². The van der Waals surface area contributed by atoms with Gasteiger partial charge in [-0.05, 0) is 37.3 Å². The molecule has 1 fully saturated rings. The highest BCUT2D eigenvalue weighted by molar-refractivity contribution is 5.84. The fraction of sp³-hybridized carbons (Fsp3) is 0.364. The van der Waals surface area contributed by atoms with Gasteiger partial charge in [0, 0.05) is 12.2 Å². The minimum Gasteiger partial charge on any atom is -0.310 e. The van der Waals surface area contributed by atoms with Crippen LogP contribution in [0.3, 0.4) is 0 Å². The number of hydrogen-bond acceptors (Lipinski definition) is 4. The Labute approximate surface area is 162 Å². The minimum absolute atomic E-state index is 0.0694. The Morgan fingerprint density at radius 2 is 1.82 bits per heavy atom. The summed E-state index contributed by atoms with van der Waals surface area (Å²) in [6.07, 6.45) is 6.54. The van der Waals surface area contributed by atoms with Crippen LogP contribution in [0.1, 0.15) is 44.3 Å². The fourth-order valence-corrected chi connectivity index (χ4v) is 4.58. The molecule has 0 amide bonds. The lowest BCUT2D eigenvalue weighted by Crippen LogP contribution is -2.31. The molecule has 0 saturated heterocycles. The third-order valence-electron chi connectivity index (χ3n) is 6.07. The second kappa shape index (κ2) is 6.55. The van der Waals surface area contributed by atoms with Gasteiger partial charge >= 0.3 is 0 Å². The van der Waals surface area contributed by atoms with Crippen molar-refractivity contribution in [3.63, 3.8) is 0 Å². The van der Waals surface area contributed by atoms with Crippen LogP contribution in [0.2, 0.25) is 0 Å². The first-order valence-electron chi connectivity index (χ1n) is 9.97. The van der Waals surface area contributed by atoms with E-state index in [0.717, 1.165) is 23.2 Å². The van der Waals surface area contributed by atoms with Crippen LogP contribution in [0.5, 0.6) is 0 Å². The largest absolute Gasteiger partial charge is 0.310 e. The number of rotatable bonds is 2. The van der Waals surface area contributed by atoms with E-state index in [4.69, 9.17) is 0 Å². The van der Waals surface area contributed by atoms with E-state index in [1.807, 2.05) is 54.1 Å². The van der Waals surface area contributed by atoms with Gasteiger partial charge in [-0.15, -0.1) is 10.2 Å². The van der Waals surface area contributed by atoms with E-state index in [2.05, 4.69) is 22.2 Å². The molecule has 0 spiro atoms. The molecule has 1 saturated carbocycles. The third kappa shape index (κ3) is 2.55. The maximum Gasteiger partial charge on any atom is 0.280 e. The summed E-state index contributed by atoms with van der Waals surface area (Å²) in [5.41, 5.74) is 4.58. The molecule has 6 nitrogen and oxygen atoms in total. The summed E-state index contributed by atoms with van der Waals surface area (Å²) in [7, 11) is 0. The zero-order chi connectivity index (χ0) is 19.3. The van der Waals surface area contributed by atoms with E-state index in [0.29, 0.717) is 22.6 Å². The maximum atomic E-state index is 13.2. The maximum absolute atomic E-state index is 13.2. The van der Waals surface area contributed by atoms with Gasteiger partial charge < -0.3 is 4.57 Å². The molecule has 5 rings (SSSR count). The molecule has 4 aromatic rings. The quantitative estimate of drug-likeness (QED) is 0.529. The topological polar surface area (TPSA) is 65.1 Å². The van der Waals surface area contributed by atoms with Crippen LogP contribution < -0.4 is 5.56 Å². The lowest BCUT2D eigenvalue weighted by atomic mass is 9.85. The van der Waals surface area contributed by atoms with Crippen LogP contribution in [-0.2, 0) is 0 Å². The molecule has 1 aliphatic carbocycles. The summed E-state index contributed by atoms with van der Waals surface area (Å²) in [5, 5.41) is 13.4. The van der Waals surface area contributed by atoms with Gasteiger partial charge in [-0.25, -0.2) is 4.52 Å². The van der Waals surface area contributed by atoms with Crippen molar-refractivity contribution >= 4 is 16.7 Å². The van der Waals surface area contributed by atoms with E-state index >= 15 is 0 Å². The molecular weight excluding hydrogens is 350 g/mol. The van der Waals surface area contributed by atoms with Crippen LogP contribution >= 0.6 is 0 Å². The predicted molar refractivity (Wildman–Crippen MR) is 109 cm³/mol. The Morgan fingerprint density at radius 3 is 2.61 bits per heavy atom. The van der Waals surface area contributed by atoms with Crippen molar-refractivity contribution in [1.82, 2.24) is 24.4 Å². The van der Waals surface area contributed by atoms with Gasteiger partial charge in [0.2, 0.25) is 0 Å². The molecule has 0 radical (unpaired) electrons. The molecule has 3 aromatic heterocycles. The Balaban J connectivity index is 1.72. The van der Waals surface area contributed by atoms with E-state index in [9.17, 15) is 4.79 Å². The zero-order valence-electron chi connectivity index (χ0n) is 16.2. The molecule has 28 heavy (non-hydrogen) atoms. The number of benzene rings is 1. The van der Waals surface area contributed by atoms with Crippen LogP contribution in [-0.4, -0.2) is 24.4 Å². The number of nitrogens with zero attached hydrogens (tertiary/aromatic N) is 5. The Morgan fingerprint density at radius 1 is 1.04 bits per heavy atom. The highest BCUT2D eigenvalue weighted by Gasteiger charge is 2.25. The van der Waals surface area contributed by atoms with Gasteiger partial charge in [0.1, 0.15) is 5.52 Å². The van der Waals surface area contributed by atoms with Crippen molar-refractivity contribution in [1.29, 1.82) is 0 Å². The first-order valence-corrected chi connectivity index (χ1v) is 9.97. The van der Waals surface area contributed by atoms with Crippen molar-refractivity contribution in [2.75, 3.05) is 0 Å². The predicted octanol–water partition coefficient (Wildman–Crippen LogP) is 4.17. The molecule has 1 aliphatic rings. The van der Waals surface area contributed by atoms with Gasteiger partial charge in [-0.2, -0.15) is 5.10 Å². The SMILES string of the molecule is Cc1nn2c(nnc3c(=O)n([C@H]4CCCC[C@H]4C)ccc32)c1-c1ccccc1. The standard InChI is InChI=1S/C22H23N5O/c1-14-8-6-7-11-17(14)26-13-12-18-20(22(26)28)23-24-21-19(15(2)25-27(18)21)16-9-4-3-5-10-16/h3-5,9-10,12-14,17H,6-8,11H2,1-2H3/t14-,17+/m1/s1. The number of aromatic nitrogens is 5. The highest BCUT2D eigenvalue weighted by atomic mass is 16.1. The van der Waals surface area contributed by atoms with Crippen LogP contribution in [0, 0.1) is 12.8 Å². The first kappa shape index (κ1) is 17.1. The average Bonchev–Trinajstić information content (AvgIpc) is 3.06. The number of aryl methyl sites for hydroxylation is 1. The summed E-state index contributed by atoms with van der Waals surface area (Å²) < 4.78 is 3.62. The lowest BCUT2D eigenvalue weighted by molar-refractivity contribution is 0.253. The molecule has 0 bridgehead atoms. The van der Waals surface area contributed by atoms with Crippen molar-refractivity contribution in [3.8, 4) is 11.1 Å². The minimum atomic E-state index is -0.0694. The van der Waals surface area contributed by atoms with Crippen molar-refractivity contribution in [2.24, 2.45) is 5.92 Å². The molecular formula is C22H23N5O. The van der Waals surface area contributed by atoms with E-state index < -0.39 is 0 Å². The van der Waals surface area contributed by atoms with E-state index in [1.165, 1.54) is 19.3 Å². The molecule has 142 valence electrons. The highest BCUT2D eigenvalue weighted by Crippen LogP contribution is 2.33. The van der Waals surface area contributed by atoms with Crippen molar-refractivity contribution < 1.29 is 0 Å². The average molecular weight is 373 g/mol. The zero-order valence-corrected chi connectivity index (χ0v) is 16.2. The summed E-state index contributed by atoms with van der Waals surface area (Å²) in [6.45, 7) is 4.20. The van der Waals surface area contributed by atoms with Gasteiger partial charge in [-0.1, -0.05) is 50.1 Å². The monoisotopic (exact) mass is 373 g/mol. The molecule has 0 aliphatic heterocycles. The second-order valence-corrected chi connectivity index (χ2v) is 7.85. The summed E-state index contributed by atoms with van der Waals surface area (Å²) in [5.74, 6) is 0.497. The normalized spacial score (nSPS) is 20.1. The van der Waals surface area contributed by atoms with Gasteiger partial charge in [-0.3, -0.25) is 4.79 Å². The molecule has 6 heteroatoms. The molecule has 0 N–H and O–H groups in total. The number of fused-ring (bicyclic) bond motifs is 3. The second-order valence-electron chi connectivity index (χ2n) is 7.85. The molecule has 1 aromatic carbocycles. The summed E-state index contributed by atoms with van der Waals surface area (Å²) in [6, 6.07) is 12.3. The Bertz CT molecular complexity index is 1220. The van der Waals surface area contributed by atoms with Crippen molar-refractivity contribution in [2.45, 2.75) is 45.6 Å². The van der Waals surface area contributed by atoms with Crippen LogP contribution in [0.25, 0.3) is 27.8 Å². The van der Waals surface area contributed by atoms with Crippen LogP contribution in [0.4, 0.5) is 0 Å². The summed E-state index contributed by atoms with van der Waals surface area (Å²) in [4.78, 5) is 13.2. The fourth-order valence-electron chi connectivity index (χ4n) is 4.58. The molecule has 3 heterocycles. The van der Waals surface area contributed by atoms with Gasteiger partial charge in [0.05, 0.1) is 11.3 Å². The Hall–Kier alpha value is -3.02. The Kier molecular flexibility index (Phi) is 4.00. The lowest BCUT2D eigenvalue weighted by Gasteiger charge is -2.30. The number of hydrogen-bond donors (Lipinski definition) is 0. The third-order valence-corrected chi connectivity index (χ3v) is 6.07. The number of pyridine rings is 1. The smallest absolute Gasteiger partial charge is 0.280 e. The van der Waals surface area contributed by atoms with Crippen molar-refractivity contribution in [3.05, 3.63) is 58.6 Å². The van der Waals surface area contributed by atoms with E-state index in [1.54, 1.807) is 4.52 Å². The summed E-state index contributed by atoms with van der Waals surface area (Å²) >= 11 is 0. The molecule has 0 unspecified atom stereocenters. The van der Waals surface area contributed by atoms with Gasteiger partial charge in [0.15, 0.2) is 11.2 Å². The first-order chi connectivity index (χ1) is 13.6. The van der Waals surface area contributed by atoms with Gasteiger partial charge in [0.25, 0.3) is 5.56 Å². The van der Waals surface area contributed by atoms with E-state index in [-0.39, 0.29) is 11.6 Å².